The first-order valence-electron chi connectivity index (χ1n) is 4.74. The van der Waals surface area contributed by atoms with Gasteiger partial charge >= 0.3 is 0 Å². The molecule has 3 heteroatoms. The lowest BCUT2D eigenvalue weighted by atomic mass is 10.0. The summed E-state index contributed by atoms with van der Waals surface area (Å²) in [7, 11) is 0. The lowest BCUT2D eigenvalue weighted by Gasteiger charge is -2.16. The Morgan fingerprint density at radius 3 is 2.43 bits per heavy atom. The van der Waals surface area contributed by atoms with Crippen molar-refractivity contribution in [2.75, 3.05) is 0 Å². The van der Waals surface area contributed by atoms with E-state index in [2.05, 4.69) is 0 Å². The molecule has 0 aromatic heterocycles. The fraction of sp³-hybridized carbons (Fsp3) is 0.455. The van der Waals surface area contributed by atoms with Crippen molar-refractivity contribution in [2.45, 2.75) is 32.0 Å². The molecular weight excluding hydrogens is 183 g/mol. The van der Waals surface area contributed by atoms with Crippen LogP contribution in [0.15, 0.2) is 24.3 Å². The van der Waals surface area contributed by atoms with E-state index in [1.165, 1.54) is 6.07 Å². The summed E-state index contributed by atoms with van der Waals surface area (Å²) in [6.07, 6.45) is -1.05. The largest absolute Gasteiger partial charge is 0.390 e. The summed E-state index contributed by atoms with van der Waals surface area (Å²) in [5, 5.41) is 18.8. The van der Waals surface area contributed by atoms with Crippen LogP contribution in [-0.2, 0) is 6.42 Å². The second-order valence-corrected chi connectivity index (χ2v) is 3.34. The normalized spacial score (nSPS) is 15.1. The lowest BCUT2D eigenvalue weighted by molar-refractivity contribution is 0.0177. The molecular formula is C11H15FO2. The van der Waals surface area contributed by atoms with Crippen molar-refractivity contribution in [2.24, 2.45) is 0 Å². The molecule has 2 atom stereocenters. The van der Waals surface area contributed by atoms with Crippen LogP contribution >= 0.6 is 0 Å². The molecule has 0 spiro atoms. The van der Waals surface area contributed by atoms with Gasteiger partial charge in [0, 0.05) is 6.42 Å². The Morgan fingerprint density at radius 2 is 1.86 bits per heavy atom. The molecule has 0 aliphatic rings. The van der Waals surface area contributed by atoms with E-state index in [9.17, 15) is 14.6 Å². The van der Waals surface area contributed by atoms with Gasteiger partial charge in [-0.25, -0.2) is 4.39 Å². The van der Waals surface area contributed by atoms with Gasteiger partial charge in [-0.2, -0.15) is 0 Å². The molecule has 0 bridgehead atoms. The predicted molar refractivity (Wildman–Crippen MR) is 52.4 cm³/mol. The summed E-state index contributed by atoms with van der Waals surface area (Å²) in [6, 6.07) is 6.27. The third-order valence-electron chi connectivity index (χ3n) is 2.25. The van der Waals surface area contributed by atoms with E-state index in [0.29, 0.717) is 12.0 Å². The fourth-order valence-electron chi connectivity index (χ4n) is 1.30. The minimum atomic E-state index is -0.892. The van der Waals surface area contributed by atoms with Gasteiger partial charge in [0.25, 0.3) is 0 Å². The summed E-state index contributed by atoms with van der Waals surface area (Å²) in [5.74, 6) is -0.338. The molecule has 0 amide bonds. The van der Waals surface area contributed by atoms with Crippen LogP contribution in [0.3, 0.4) is 0 Å². The van der Waals surface area contributed by atoms with Gasteiger partial charge in [0.1, 0.15) is 5.82 Å². The van der Waals surface area contributed by atoms with Crippen LogP contribution in [0.1, 0.15) is 18.9 Å². The second-order valence-electron chi connectivity index (χ2n) is 3.34. The summed E-state index contributed by atoms with van der Waals surface area (Å²) >= 11 is 0. The Hall–Kier alpha value is -0.930. The quantitative estimate of drug-likeness (QED) is 0.769. The van der Waals surface area contributed by atoms with Crippen LogP contribution in [0.2, 0.25) is 0 Å². The third-order valence-corrected chi connectivity index (χ3v) is 2.25. The first kappa shape index (κ1) is 11.1. The van der Waals surface area contributed by atoms with Crippen molar-refractivity contribution < 1.29 is 14.6 Å². The molecule has 0 fully saturated rings. The molecule has 0 saturated carbocycles. The second kappa shape index (κ2) is 5.08. The van der Waals surface area contributed by atoms with Crippen molar-refractivity contribution in [1.29, 1.82) is 0 Å². The predicted octanol–water partition coefficient (Wildman–Crippen LogP) is 1.50. The number of hydrogen-bond donors (Lipinski definition) is 2. The Bertz CT molecular complexity index is 288. The van der Waals surface area contributed by atoms with Gasteiger partial charge in [0.2, 0.25) is 0 Å². The molecule has 0 aliphatic carbocycles. The summed E-state index contributed by atoms with van der Waals surface area (Å²) in [5.41, 5.74) is 0.438. The lowest BCUT2D eigenvalue weighted by Crippen LogP contribution is -2.27. The summed E-state index contributed by atoms with van der Waals surface area (Å²) in [4.78, 5) is 0. The van der Waals surface area contributed by atoms with E-state index in [-0.39, 0.29) is 12.2 Å². The topological polar surface area (TPSA) is 40.5 Å². The fourth-order valence-corrected chi connectivity index (χ4v) is 1.30. The Labute approximate surface area is 83.0 Å². The average molecular weight is 198 g/mol. The molecule has 0 heterocycles. The number of hydrogen-bond acceptors (Lipinski definition) is 2. The van der Waals surface area contributed by atoms with E-state index in [4.69, 9.17) is 0 Å². The molecule has 78 valence electrons. The molecule has 0 radical (unpaired) electrons. The number of rotatable bonds is 4. The molecule has 1 aromatic carbocycles. The molecule has 14 heavy (non-hydrogen) atoms. The van der Waals surface area contributed by atoms with Gasteiger partial charge in [-0.05, 0) is 18.1 Å². The molecule has 2 nitrogen and oxygen atoms in total. The van der Waals surface area contributed by atoms with Crippen molar-refractivity contribution in [1.82, 2.24) is 0 Å². The first-order valence-corrected chi connectivity index (χ1v) is 4.74. The maximum Gasteiger partial charge on any atom is 0.126 e. The molecule has 0 saturated heterocycles. The van der Waals surface area contributed by atoms with Crippen molar-refractivity contribution in [3.05, 3.63) is 35.6 Å². The number of aliphatic hydroxyl groups is 2. The highest BCUT2D eigenvalue weighted by Crippen LogP contribution is 2.11. The number of aliphatic hydroxyl groups excluding tert-OH is 2. The molecule has 2 N–H and O–H groups in total. The van der Waals surface area contributed by atoms with Crippen molar-refractivity contribution >= 4 is 0 Å². The Kier molecular flexibility index (Phi) is 4.04. The molecule has 2 unspecified atom stereocenters. The van der Waals surface area contributed by atoms with E-state index >= 15 is 0 Å². The summed E-state index contributed by atoms with van der Waals surface area (Å²) in [6.45, 7) is 1.77. The van der Waals surface area contributed by atoms with E-state index in [1.54, 1.807) is 25.1 Å². The van der Waals surface area contributed by atoms with Gasteiger partial charge in [-0.1, -0.05) is 25.1 Å². The van der Waals surface area contributed by atoms with Gasteiger partial charge in [-0.15, -0.1) is 0 Å². The van der Waals surface area contributed by atoms with Crippen LogP contribution in [0, 0.1) is 5.82 Å². The maximum absolute atomic E-state index is 13.1. The highest BCUT2D eigenvalue weighted by molar-refractivity contribution is 5.18. The Morgan fingerprint density at radius 1 is 1.21 bits per heavy atom. The highest BCUT2D eigenvalue weighted by atomic mass is 19.1. The minimum Gasteiger partial charge on any atom is -0.390 e. The van der Waals surface area contributed by atoms with Crippen LogP contribution in [0.4, 0.5) is 4.39 Å². The average Bonchev–Trinajstić information content (AvgIpc) is 2.20. The highest BCUT2D eigenvalue weighted by Gasteiger charge is 2.15. The maximum atomic E-state index is 13.1. The van der Waals surface area contributed by atoms with Gasteiger partial charge in [0.15, 0.2) is 0 Å². The third kappa shape index (κ3) is 2.79. The smallest absolute Gasteiger partial charge is 0.126 e. The molecule has 1 rings (SSSR count). The zero-order valence-corrected chi connectivity index (χ0v) is 8.15. The van der Waals surface area contributed by atoms with Crippen LogP contribution in [0.25, 0.3) is 0 Å². The SMILES string of the molecule is CCC(O)C(O)Cc1ccccc1F. The van der Waals surface area contributed by atoms with Crippen molar-refractivity contribution in [3.63, 3.8) is 0 Å². The molecule has 1 aromatic rings. The van der Waals surface area contributed by atoms with Gasteiger partial charge < -0.3 is 10.2 Å². The van der Waals surface area contributed by atoms with Crippen LogP contribution in [-0.4, -0.2) is 22.4 Å². The van der Waals surface area contributed by atoms with E-state index < -0.39 is 12.2 Å². The van der Waals surface area contributed by atoms with E-state index in [1.807, 2.05) is 0 Å². The zero-order valence-electron chi connectivity index (χ0n) is 8.15. The monoisotopic (exact) mass is 198 g/mol. The van der Waals surface area contributed by atoms with Gasteiger partial charge in [0.05, 0.1) is 12.2 Å². The first-order chi connectivity index (χ1) is 6.65. The minimum absolute atomic E-state index is 0.154. The molecule has 0 aliphatic heterocycles. The number of halogens is 1. The van der Waals surface area contributed by atoms with E-state index in [0.717, 1.165) is 0 Å². The number of benzene rings is 1. The summed E-state index contributed by atoms with van der Waals surface area (Å²) < 4.78 is 13.1. The Balaban J connectivity index is 2.64. The van der Waals surface area contributed by atoms with Crippen LogP contribution in [0.5, 0.6) is 0 Å². The zero-order chi connectivity index (χ0) is 10.6. The van der Waals surface area contributed by atoms with Gasteiger partial charge in [-0.3, -0.25) is 0 Å². The van der Waals surface area contributed by atoms with Crippen LogP contribution < -0.4 is 0 Å². The van der Waals surface area contributed by atoms with Crippen molar-refractivity contribution in [3.8, 4) is 0 Å². The standard InChI is InChI=1S/C11H15FO2/c1-2-10(13)11(14)7-8-5-3-4-6-9(8)12/h3-6,10-11,13-14H,2,7H2,1H3.